The van der Waals surface area contributed by atoms with Gasteiger partial charge in [0.15, 0.2) is 0 Å². The number of rotatable bonds is 6. The summed E-state index contributed by atoms with van der Waals surface area (Å²) in [5.41, 5.74) is -1.96. The minimum absolute atomic E-state index is 0.0596. The standard InChI is InChI=1S/C16H20ClF3N2O3S/c1-15(2,3)25-14(24)21-6-7-26-9-13(23)22-12-5-4-10(17)8-11(12)16(18,19)20/h4-5,8H,6-7,9H2,1-3H3,(H,21,24)(H,22,23). The van der Waals surface area contributed by atoms with E-state index < -0.39 is 29.3 Å². The molecular weight excluding hydrogens is 393 g/mol. The van der Waals surface area contributed by atoms with E-state index in [0.29, 0.717) is 5.75 Å². The number of anilines is 1. The average Bonchev–Trinajstić information content (AvgIpc) is 2.45. The normalized spacial score (nSPS) is 11.8. The Balaban J connectivity index is 2.41. The van der Waals surface area contributed by atoms with E-state index in [1.165, 1.54) is 17.8 Å². The number of amides is 2. The fourth-order valence-electron chi connectivity index (χ4n) is 1.75. The van der Waals surface area contributed by atoms with Crippen LogP contribution in [0.5, 0.6) is 0 Å². The van der Waals surface area contributed by atoms with Gasteiger partial charge >= 0.3 is 12.3 Å². The Morgan fingerprint density at radius 3 is 2.46 bits per heavy atom. The second kappa shape index (κ2) is 9.36. The molecule has 5 nitrogen and oxygen atoms in total. The van der Waals surface area contributed by atoms with Crippen molar-refractivity contribution >= 4 is 41.1 Å². The second-order valence-electron chi connectivity index (χ2n) is 6.22. The van der Waals surface area contributed by atoms with Crippen molar-refractivity contribution in [2.24, 2.45) is 0 Å². The van der Waals surface area contributed by atoms with Crippen molar-refractivity contribution in [1.29, 1.82) is 0 Å². The van der Waals surface area contributed by atoms with Gasteiger partial charge in [-0.05, 0) is 39.0 Å². The molecule has 0 atom stereocenters. The maximum atomic E-state index is 13.0. The highest BCUT2D eigenvalue weighted by atomic mass is 35.5. The topological polar surface area (TPSA) is 67.4 Å². The zero-order valence-electron chi connectivity index (χ0n) is 14.5. The Hall–Kier alpha value is -1.61. The third kappa shape index (κ3) is 8.66. The number of carbonyl (C=O) groups excluding carboxylic acids is 2. The first kappa shape index (κ1) is 22.4. The molecule has 1 aromatic carbocycles. The van der Waals surface area contributed by atoms with E-state index >= 15 is 0 Å². The van der Waals surface area contributed by atoms with Crippen LogP contribution in [0.2, 0.25) is 5.02 Å². The Kier molecular flexibility index (Phi) is 8.08. The molecule has 0 heterocycles. The highest BCUT2D eigenvalue weighted by molar-refractivity contribution is 7.99. The largest absolute Gasteiger partial charge is 0.444 e. The third-order valence-corrected chi connectivity index (χ3v) is 3.90. The summed E-state index contributed by atoms with van der Waals surface area (Å²) in [6.45, 7) is 5.47. The van der Waals surface area contributed by atoms with E-state index in [4.69, 9.17) is 16.3 Å². The van der Waals surface area contributed by atoms with Crippen LogP contribution < -0.4 is 10.6 Å². The minimum Gasteiger partial charge on any atom is -0.444 e. The molecule has 0 fully saturated rings. The number of nitrogens with one attached hydrogen (secondary N) is 2. The van der Waals surface area contributed by atoms with Gasteiger partial charge in [0.2, 0.25) is 5.91 Å². The van der Waals surface area contributed by atoms with Gasteiger partial charge in [-0.2, -0.15) is 24.9 Å². The van der Waals surface area contributed by atoms with Gasteiger partial charge < -0.3 is 15.4 Å². The number of ether oxygens (including phenoxy) is 1. The van der Waals surface area contributed by atoms with Crippen molar-refractivity contribution < 1.29 is 27.5 Å². The Morgan fingerprint density at radius 1 is 1.23 bits per heavy atom. The first-order valence-corrected chi connectivity index (χ1v) is 9.13. The van der Waals surface area contributed by atoms with Crippen molar-refractivity contribution in [2.45, 2.75) is 32.5 Å². The number of carbonyl (C=O) groups is 2. The predicted octanol–water partition coefficient (Wildman–Crippen LogP) is 4.56. The van der Waals surface area contributed by atoms with Crippen LogP contribution in [-0.2, 0) is 15.7 Å². The molecule has 0 spiro atoms. The molecule has 1 aromatic rings. The summed E-state index contributed by atoms with van der Waals surface area (Å²) in [5, 5.41) is 4.67. The van der Waals surface area contributed by atoms with Gasteiger partial charge in [-0.25, -0.2) is 4.79 Å². The van der Waals surface area contributed by atoms with Crippen LogP contribution in [0.15, 0.2) is 18.2 Å². The van der Waals surface area contributed by atoms with E-state index in [1.54, 1.807) is 20.8 Å². The lowest BCUT2D eigenvalue weighted by Crippen LogP contribution is -2.33. The molecule has 0 radical (unpaired) electrons. The quantitative estimate of drug-likeness (QED) is 0.672. The van der Waals surface area contributed by atoms with Gasteiger partial charge in [-0.15, -0.1) is 0 Å². The first-order chi connectivity index (χ1) is 11.9. The maximum Gasteiger partial charge on any atom is 0.418 e. The highest BCUT2D eigenvalue weighted by Crippen LogP contribution is 2.36. The van der Waals surface area contributed by atoms with Crippen LogP contribution in [0.25, 0.3) is 0 Å². The van der Waals surface area contributed by atoms with Crippen LogP contribution >= 0.6 is 23.4 Å². The summed E-state index contributed by atoms with van der Waals surface area (Å²) in [6.07, 6.45) is -5.20. The molecular formula is C16H20ClF3N2O3S. The van der Waals surface area contributed by atoms with Gasteiger partial charge in [0.1, 0.15) is 5.60 Å². The van der Waals surface area contributed by atoms with Crippen molar-refractivity contribution in [1.82, 2.24) is 5.32 Å². The average molecular weight is 413 g/mol. The van der Waals surface area contributed by atoms with E-state index in [-0.39, 0.29) is 23.0 Å². The van der Waals surface area contributed by atoms with Gasteiger partial charge in [0.05, 0.1) is 17.0 Å². The Morgan fingerprint density at radius 2 is 1.88 bits per heavy atom. The lowest BCUT2D eigenvalue weighted by atomic mass is 10.1. The van der Waals surface area contributed by atoms with Gasteiger partial charge in [0.25, 0.3) is 0 Å². The van der Waals surface area contributed by atoms with Crippen molar-refractivity contribution in [3.63, 3.8) is 0 Å². The molecule has 0 bridgehead atoms. The summed E-state index contributed by atoms with van der Waals surface area (Å²) in [7, 11) is 0. The summed E-state index contributed by atoms with van der Waals surface area (Å²) in [6, 6.07) is 3.14. The molecule has 0 aliphatic carbocycles. The summed E-state index contributed by atoms with van der Waals surface area (Å²) in [5.74, 6) is -0.241. The van der Waals surface area contributed by atoms with Crippen molar-refractivity contribution in [3.8, 4) is 0 Å². The van der Waals surface area contributed by atoms with Crippen LogP contribution in [0.1, 0.15) is 26.3 Å². The summed E-state index contributed by atoms with van der Waals surface area (Å²) in [4.78, 5) is 23.2. The van der Waals surface area contributed by atoms with E-state index in [0.717, 1.165) is 12.1 Å². The number of benzene rings is 1. The number of alkyl halides is 3. The van der Waals surface area contributed by atoms with E-state index in [2.05, 4.69) is 10.6 Å². The SMILES string of the molecule is CC(C)(C)OC(=O)NCCSCC(=O)Nc1ccc(Cl)cc1C(F)(F)F. The molecule has 146 valence electrons. The van der Waals surface area contributed by atoms with Crippen LogP contribution in [0, 0.1) is 0 Å². The molecule has 0 aliphatic heterocycles. The third-order valence-electron chi connectivity index (χ3n) is 2.71. The molecule has 0 aliphatic rings. The summed E-state index contributed by atoms with van der Waals surface area (Å²) < 4.78 is 43.9. The fraction of sp³-hybridized carbons (Fsp3) is 0.500. The zero-order chi connectivity index (χ0) is 20.0. The molecule has 10 heteroatoms. The molecule has 0 aromatic heterocycles. The molecule has 26 heavy (non-hydrogen) atoms. The fourth-order valence-corrected chi connectivity index (χ4v) is 2.57. The Bertz CT molecular complexity index is 649. The number of hydrogen-bond donors (Lipinski definition) is 2. The molecule has 0 unspecified atom stereocenters. The minimum atomic E-state index is -4.63. The van der Waals surface area contributed by atoms with Gasteiger partial charge in [-0.3, -0.25) is 4.79 Å². The highest BCUT2D eigenvalue weighted by Gasteiger charge is 2.34. The van der Waals surface area contributed by atoms with E-state index in [9.17, 15) is 22.8 Å². The monoisotopic (exact) mass is 412 g/mol. The number of alkyl carbamates (subject to hydrolysis) is 1. The van der Waals surface area contributed by atoms with Gasteiger partial charge in [-0.1, -0.05) is 11.6 Å². The number of hydrogen-bond acceptors (Lipinski definition) is 4. The zero-order valence-corrected chi connectivity index (χ0v) is 16.1. The van der Waals surface area contributed by atoms with Gasteiger partial charge in [0, 0.05) is 17.3 Å². The maximum absolute atomic E-state index is 13.0. The van der Waals surface area contributed by atoms with Crippen LogP contribution in [-0.4, -0.2) is 35.7 Å². The second-order valence-corrected chi connectivity index (χ2v) is 7.76. The summed E-state index contributed by atoms with van der Waals surface area (Å²) >= 11 is 6.75. The number of halogens is 4. The Labute approximate surface area is 159 Å². The van der Waals surface area contributed by atoms with Crippen molar-refractivity contribution in [2.75, 3.05) is 23.4 Å². The number of thioether (sulfide) groups is 1. The van der Waals surface area contributed by atoms with E-state index in [1.807, 2.05) is 0 Å². The smallest absolute Gasteiger partial charge is 0.418 e. The van der Waals surface area contributed by atoms with Crippen LogP contribution in [0.3, 0.4) is 0 Å². The first-order valence-electron chi connectivity index (χ1n) is 7.59. The lowest BCUT2D eigenvalue weighted by Gasteiger charge is -2.19. The molecule has 2 N–H and O–H groups in total. The molecule has 0 saturated heterocycles. The van der Waals surface area contributed by atoms with Crippen LogP contribution in [0.4, 0.5) is 23.7 Å². The molecule has 0 saturated carbocycles. The predicted molar refractivity (Wildman–Crippen MR) is 96.6 cm³/mol. The lowest BCUT2D eigenvalue weighted by molar-refractivity contribution is -0.137. The molecule has 2 amide bonds. The molecule has 1 rings (SSSR count). The van der Waals surface area contributed by atoms with Crippen molar-refractivity contribution in [3.05, 3.63) is 28.8 Å².